The minimum Gasteiger partial charge on any atom is -0.508 e. The number of Topliss-reactive ketones (excluding diaryl/α,β-unsaturated/α-hetero) is 1. The van der Waals surface area contributed by atoms with E-state index >= 15 is 0 Å². The van der Waals surface area contributed by atoms with E-state index in [1.807, 2.05) is 6.07 Å². The number of phenols is 1. The van der Waals surface area contributed by atoms with Crippen molar-refractivity contribution in [3.05, 3.63) is 76.6 Å². The number of rotatable bonds is 9. The summed E-state index contributed by atoms with van der Waals surface area (Å²) in [6, 6.07) is 17.0. The minimum atomic E-state index is -0.609. The molecule has 10 heteroatoms. The van der Waals surface area contributed by atoms with Gasteiger partial charge in [-0.25, -0.2) is 0 Å². The number of ketones is 1. The van der Waals surface area contributed by atoms with Crippen LogP contribution in [0, 0.1) is 0 Å². The zero-order valence-electron chi connectivity index (χ0n) is 21.6. The zero-order valence-corrected chi connectivity index (χ0v) is 21.6. The Hall–Kier alpha value is -4.47. The summed E-state index contributed by atoms with van der Waals surface area (Å²) in [5.41, 5.74) is 0.338. The Morgan fingerprint density at radius 3 is 1.72 bits per heavy atom. The average Bonchev–Trinajstić information content (AvgIpc) is 2.85. The van der Waals surface area contributed by atoms with E-state index in [0.29, 0.717) is 29.1 Å². The molecule has 10 nitrogen and oxygen atoms in total. The Kier molecular flexibility index (Phi) is 17.4. The first kappa shape index (κ1) is 34.5. The molecule has 1 aromatic heterocycles. The summed E-state index contributed by atoms with van der Waals surface area (Å²) in [5, 5.41) is 9.15. The molecule has 0 atom stereocenters. The molecule has 1 N–H and O–H groups in total. The Bertz CT molecular complexity index is 1210. The number of para-hydroxylation sites is 2. The third kappa shape index (κ3) is 14.8. The standard InChI is InChI=1S/C13H12O4.C9H14O5.C6H6O.CH4/c1-2-16-13(15)8-9-7-11(14)10-5-3-4-6-12(10)17-9;1-3-13-8(11)5-7(10)6-9(12)14-4-2;7-6-4-2-1-3-5-6;/h3-7H,2,8H2,1H3;3-6H2,1-2H3;1-5,7H;1H4. The van der Waals surface area contributed by atoms with Crippen molar-refractivity contribution in [2.24, 2.45) is 0 Å². The SMILES string of the molecule is C.CCOC(=O)CC(=O)CC(=O)OCC.CCOC(=O)Cc1cc(=O)c2ccccc2o1.Oc1ccccc1. The van der Waals surface area contributed by atoms with Crippen LogP contribution >= 0.6 is 0 Å². The maximum atomic E-state index is 11.7. The van der Waals surface area contributed by atoms with Gasteiger partial charge >= 0.3 is 17.9 Å². The minimum absolute atomic E-state index is 0. The van der Waals surface area contributed by atoms with Crippen molar-refractivity contribution < 1.29 is 42.9 Å². The van der Waals surface area contributed by atoms with E-state index in [1.165, 1.54) is 6.07 Å². The zero-order chi connectivity index (χ0) is 28.3. The predicted molar refractivity (Wildman–Crippen MR) is 145 cm³/mol. The molecule has 0 bridgehead atoms. The Balaban J connectivity index is 0.000000592. The molecule has 0 radical (unpaired) electrons. The molecular weight excluding hydrogens is 508 g/mol. The molecule has 0 aliphatic carbocycles. The summed E-state index contributed by atoms with van der Waals surface area (Å²) in [6.45, 7) is 5.80. The quantitative estimate of drug-likeness (QED) is 0.234. The molecule has 0 amide bonds. The number of carbonyl (C=O) groups is 4. The van der Waals surface area contributed by atoms with Gasteiger partial charge in [-0.1, -0.05) is 37.8 Å². The number of esters is 3. The summed E-state index contributed by atoms with van der Waals surface area (Å²) < 4.78 is 19.3. The number of hydrogen-bond donors (Lipinski definition) is 1. The monoisotopic (exact) mass is 544 g/mol. The van der Waals surface area contributed by atoms with E-state index in [2.05, 4.69) is 9.47 Å². The Morgan fingerprint density at radius 1 is 0.744 bits per heavy atom. The van der Waals surface area contributed by atoms with E-state index < -0.39 is 23.7 Å². The van der Waals surface area contributed by atoms with Gasteiger partial charge < -0.3 is 23.7 Å². The van der Waals surface area contributed by atoms with Gasteiger partial charge in [0.25, 0.3) is 0 Å². The van der Waals surface area contributed by atoms with E-state index in [0.717, 1.165) is 0 Å². The predicted octanol–water partition coefficient (Wildman–Crippen LogP) is 4.39. The molecule has 212 valence electrons. The van der Waals surface area contributed by atoms with Gasteiger partial charge in [0.1, 0.15) is 36.4 Å². The smallest absolute Gasteiger partial charge is 0.313 e. The first-order chi connectivity index (χ1) is 18.2. The van der Waals surface area contributed by atoms with Crippen LogP contribution in [0.4, 0.5) is 0 Å². The van der Waals surface area contributed by atoms with Gasteiger partial charge in [0.05, 0.1) is 25.2 Å². The van der Waals surface area contributed by atoms with Crippen molar-refractivity contribution >= 4 is 34.7 Å². The second kappa shape index (κ2) is 19.6. The molecule has 0 saturated heterocycles. The van der Waals surface area contributed by atoms with Crippen LogP contribution in [-0.2, 0) is 39.8 Å². The summed E-state index contributed by atoms with van der Waals surface area (Å²) in [6.07, 6.45) is -0.757. The number of benzene rings is 2. The highest BCUT2D eigenvalue weighted by Gasteiger charge is 2.15. The van der Waals surface area contributed by atoms with Crippen molar-refractivity contribution in [2.75, 3.05) is 19.8 Å². The fourth-order valence-electron chi connectivity index (χ4n) is 2.83. The van der Waals surface area contributed by atoms with Crippen LogP contribution in [0.1, 0.15) is 46.8 Å². The summed E-state index contributed by atoms with van der Waals surface area (Å²) >= 11 is 0. The molecule has 2 aromatic carbocycles. The van der Waals surface area contributed by atoms with E-state index in [9.17, 15) is 24.0 Å². The van der Waals surface area contributed by atoms with Crippen molar-refractivity contribution in [2.45, 2.75) is 47.5 Å². The van der Waals surface area contributed by atoms with Crippen LogP contribution < -0.4 is 5.43 Å². The third-order valence-corrected chi connectivity index (χ3v) is 4.36. The number of ether oxygens (including phenoxy) is 3. The fourth-order valence-corrected chi connectivity index (χ4v) is 2.83. The van der Waals surface area contributed by atoms with Crippen molar-refractivity contribution in [1.29, 1.82) is 0 Å². The number of carbonyl (C=O) groups excluding carboxylic acids is 4. The van der Waals surface area contributed by atoms with Crippen LogP contribution in [0.25, 0.3) is 11.0 Å². The van der Waals surface area contributed by atoms with Gasteiger partial charge in [0, 0.05) is 6.07 Å². The van der Waals surface area contributed by atoms with Crippen LogP contribution in [0.15, 0.2) is 69.9 Å². The second-order valence-electron chi connectivity index (χ2n) is 7.39. The van der Waals surface area contributed by atoms with Gasteiger partial charge in [0.15, 0.2) is 11.2 Å². The number of fused-ring (bicyclic) bond motifs is 1. The molecule has 3 rings (SSSR count). The highest BCUT2D eigenvalue weighted by Crippen LogP contribution is 2.12. The summed E-state index contributed by atoms with van der Waals surface area (Å²) in [4.78, 5) is 55.6. The van der Waals surface area contributed by atoms with E-state index in [1.54, 1.807) is 69.3 Å². The lowest BCUT2D eigenvalue weighted by Gasteiger charge is -2.02. The average molecular weight is 545 g/mol. The van der Waals surface area contributed by atoms with Crippen LogP contribution in [-0.4, -0.2) is 48.6 Å². The van der Waals surface area contributed by atoms with E-state index in [-0.39, 0.29) is 45.3 Å². The fraction of sp³-hybridized carbons (Fsp3) is 0.345. The van der Waals surface area contributed by atoms with Crippen molar-refractivity contribution in [1.82, 2.24) is 0 Å². The Morgan fingerprint density at radius 2 is 1.23 bits per heavy atom. The van der Waals surface area contributed by atoms with Gasteiger partial charge in [0.2, 0.25) is 0 Å². The lowest BCUT2D eigenvalue weighted by atomic mass is 10.2. The third-order valence-electron chi connectivity index (χ3n) is 4.36. The molecule has 1 heterocycles. The number of aromatic hydroxyl groups is 1. The number of hydrogen-bond acceptors (Lipinski definition) is 10. The van der Waals surface area contributed by atoms with Gasteiger partial charge in [-0.2, -0.15) is 0 Å². The molecular formula is C29H36O10. The highest BCUT2D eigenvalue weighted by atomic mass is 16.5. The first-order valence-corrected chi connectivity index (χ1v) is 11.9. The lowest BCUT2D eigenvalue weighted by Crippen LogP contribution is -2.16. The van der Waals surface area contributed by atoms with E-state index in [4.69, 9.17) is 14.3 Å². The maximum Gasteiger partial charge on any atom is 0.313 e. The second-order valence-corrected chi connectivity index (χ2v) is 7.39. The van der Waals surface area contributed by atoms with Gasteiger partial charge in [-0.05, 0) is 45.0 Å². The van der Waals surface area contributed by atoms with Crippen LogP contribution in [0.2, 0.25) is 0 Å². The molecule has 0 fully saturated rings. The van der Waals surface area contributed by atoms with Crippen LogP contribution in [0.3, 0.4) is 0 Å². The molecule has 3 aromatic rings. The molecule has 39 heavy (non-hydrogen) atoms. The number of phenolic OH excluding ortho intramolecular Hbond substituents is 1. The maximum absolute atomic E-state index is 11.7. The molecule has 0 unspecified atom stereocenters. The lowest BCUT2D eigenvalue weighted by molar-refractivity contribution is -0.148. The first-order valence-electron chi connectivity index (χ1n) is 11.9. The highest BCUT2D eigenvalue weighted by molar-refractivity contribution is 6.03. The van der Waals surface area contributed by atoms with Gasteiger partial charge in [-0.3, -0.25) is 24.0 Å². The largest absolute Gasteiger partial charge is 0.508 e. The summed E-state index contributed by atoms with van der Waals surface area (Å²) in [5.74, 6) is -1.45. The molecule has 0 saturated carbocycles. The van der Waals surface area contributed by atoms with Gasteiger partial charge in [-0.15, -0.1) is 0 Å². The molecule has 0 aliphatic heterocycles. The van der Waals surface area contributed by atoms with Crippen molar-refractivity contribution in [3.63, 3.8) is 0 Å². The normalized spacial score (nSPS) is 9.41. The topological polar surface area (TPSA) is 146 Å². The Labute approximate surface area is 227 Å². The van der Waals surface area contributed by atoms with Crippen molar-refractivity contribution in [3.8, 4) is 5.75 Å². The molecule has 0 aliphatic rings. The summed E-state index contributed by atoms with van der Waals surface area (Å²) in [7, 11) is 0. The van der Waals surface area contributed by atoms with Crippen LogP contribution in [0.5, 0.6) is 5.75 Å². The molecule has 0 spiro atoms.